The van der Waals surface area contributed by atoms with E-state index in [2.05, 4.69) is 15.0 Å². The van der Waals surface area contributed by atoms with Gasteiger partial charge in [-0.15, -0.1) is 0 Å². The summed E-state index contributed by atoms with van der Waals surface area (Å²) in [6.07, 6.45) is 2.62. The lowest BCUT2D eigenvalue weighted by Gasteiger charge is -2.23. The zero-order valence-electron chi connectivity index (χ0n) is 19.7. The van der Waals surface area contributed by atoms with Crippen LogP contribution in [0.15, 0.2) is 36.4 Å². The Labute approximate surface area is 206 Å². The number of amides is 2. The fraction of sp³-hybridized carbons (Fsp3) is 0.440. The second-order valence-electron chi connectivity index (χ2n) is 9.02. The molecule has 0 radical (unpaired) electrons. The molecule has 1 saturated heterocycles. The van der Waals surface area contributed by atoms with E-state index >= 15 is 0 Å². The molecule has 1 unspecified atom stereocenters. The van der Waals surface area contributed by atoms with Gasteiger partial charge >= 0.3 is 12.6 Å². The first kappa shape index (κ1) is 25.3. The van der Waals surface area contributed by atoms with Gasteiger partial charge in [-0.1, -0.05) is 12.1 Å². The molecule has 1 saturated carbocycles. The zero-order valence-corrected chi connectivity index (χ0v) is 19.7. The number of carbonyl (C=O) groups is 3. The van der Waals surface area contributed by atoms with Crippen molar-refractivity contribution in [3.05, 3.63) is 53.3 Å². The number of ether oxygens (including phenoxy) is 2. The van der Waals surface area contributed by atoms with Gasteiger partial charge in [-0.3, -0.25) is 9.59 Å². The second-order valence-corrected chi connectivity index (χ2v) is 9.02. The number of hydrogen-bond donors (Lipinski definition) is 2. The minimum atomic E-state index is -2.97. The summed E-state index contributed by atoms with van der Waals surface area (Å²) in [6, 6.07) is 8.65. The van der Waals surface area contributed by atoms with Crippen molar-refractivity contribution in [1.29, 1.82) is 0 Å². The van der Waals surface area contributed by atoms with Crippen molar-refractivity contribution < 1.29 is 37.7 Å². The lowest BCUT2D eigenvalue weighted by atomic mass is 9.96. The van der Waals surface area contributed by atoms with Gasteiger partial charge in [-0.2, -0.15) is 8.78 Å². The van der Waals surface area contributed by atoms with E-state index in [1.54, 1.807) is 17.0 Å². The van der Waals surface area contributed by atoms with Crippen molar-refractivity contribution in [3.63, 3.8) is 0 Å². The van der Waals surface area contributed by atoms with Gasteiger partial charge in [0, 0.05) is 32.0 Å². The summed E-state index contributed by atoms with van der Waals surface area (Å²) >= 11 is 0. The maximum absolute atomic E-state index is 12.8. The number of aromatic nitrogens is 1. The Hall–Kier alpha value is -3.76. The van der Waals surface area contributed by atoms with Crippen molar-refractivity contribution in [3.8, 4) is 11.5 Å². The number of carboxylic acid groups (broad SMARTS) is 1. The summed E-state index contributed by atoms with van der Waals surface area (Å²) in [5, 5.41) is 11.8. The van der Waals surface area contributed by atoms with Crippen molar-refractivity contribution in [2.75, 3.05) is 19.7 Å². The van der Waals surface area contributed by atoms with Crippen LogP contribution < -0.4 is 14.8 Å². The minimum absolute atomic E-state index is 0.0317. The first-order valence-corrected chi connectivity index (χ1v) is 11.7. The molecule has 2 aliphatic rings. The van der Waals surface area contributed by atoms with Gasteiger partial charge < -0.3 is 24.8 Å². The Kier molecular flexibility index (Phi) is 7.66. The second kappa shape index (κ2) is 10.9. The molecule has 1 aromatic carbocycles. The molecule has 36 heavy (non-hydrogen) atoms. The van der Waals surface area contributed by atoms with Gasteiger partial charge in [-0.25, -0.2) is 9.78 Å². The summed E-state index contributed by atoms with van der Waals surface area (Å²) in [5.74, 6) is -1.41. The maximum Gasteiger partial charge on any atom is 0.387 e. The Balaban J connectivity index is 1.45. The number of benzene rings is 1. The highest BCUT2D eigenvalue weighted by Gasteiger charge is 2.35. The third-order valence-electron chi connectivity index (χ3n) is 6.34. The summed E-state index contributed by atoms with van der Waals surface area (Å²) in [6.45, 7) is -0.569. The Morgan fingerprint density at radius 1 is 1.17 bits per heavy atom. The fourth-order valence-corrected chi connectivity index (χ4v) is 4.30. The van der Waals surface area contributed by atoms with Crippen LogP contribution in [0.3, 0.4) is 0 Å². The highest BCUT2D eigenvalue weighted by molar-refractivity contribution is 5.94. The van der Waals surface area contributed by atoms with Crippen molar-refractivity contribution in [2.45, 2.75) is 44.8 Å². The van der Waals surface area contributed by atoms with Crippen molar-refractivity contribution >= 4 is 17.8 Å². The number of nitrogens with one attached hydrogen (secondary N) is 1. The van der Waals surface area contributed by atoms with Crippen LogP contribution in [0.25, 0.3) is 0 Å². The van der Waals surface area contributed by atoms with Crippen molar-refractivity contribution in [1.82, 2.24) is 15.2 Å². The van der Waals surface area contributed by atoms with Crippen LogP contribution in [0.1, 0.15) is 58.6 Å². The Morgan fingerprint density at radius 3 is 2.58 bits per heavy atom. The molecule has 4 rings (SSSR count). The molecular formula is C25H27F2N3O6. The lowest BCUT2D eigenvalue weighted by Crippen LogP contribution is -2.42. The zero-order chi connectivity index (χ0) is 25.8. The molecule has 1 aliphatic carbocycles. The maximum atomic E-state index is 12.8. The number of halogens is 2. The summed E-state index contributed by atoms with van der Waals surface area (Å²) in [5.41, 5.74) is 0.539. The highest BCUT2D eigenvalue weighted by atomic mass is 19.3. The fourth-order valence-electron chi connectivity index (χ4n) is 4.30. The molecule has 192 valence electrons. The molecule has 9 nitrogen and oxygen atoms in total. The standard InChI is InChI=1S/C25H27F2N3O6/c1-14(31)30-12-17(9-18(30)11-28-23(32)19-3-2-4-20(29-19)24(33)34)16-7-8-21(36-25(26)27)22(10-16)35-13-15-5-6-15/h2-4,7-8,10,15,17-18,25H,5-6,9,11-13H2,1H3,(H,28,32)(H,33,34)/t17?,18-/m1/s1. The predicted molar refractivity (Wildman–Crippen MR) is 123 cm³/mol. The molecule has 2 atom stereocenters. The molecule has 2 N–H and O–H groups in total. The number of pyridine rings is 1. The average Bonchev–Trinajstić information content (AvgIpc) is 3.58. The highest BCUT2D eigenvalue weighted by Crippen LogP contribution is 2.38. The largest absolute Gasteiger partial charge is 0.489 e. The van der Waals surface area contributed by atoms with E-state index in [1.165, 1.54) is 31.2 Å². The lowest BCUT2D eigenvalue weighted by molar-refractivity contribution is -0.129. The summed E-state index contributed by atoms with van der Waals surface area (Å²) in [7, 11) is 0. The number of rotatable bonds is 10. The van der Waals surface area contributed by atoms with E-state index in [0.29, 0.717) is 25.5 Å². The molecule has 2 heterocycles. The first-order chi connectivity index (χ1) is 17.2. The summed E-state index contributed by atoms with van der Waals surface area (Å²) in [4.78, 5) is 41.4. The first-order valence-electron chi connectivity index (χ1n) is 11.7. The van der Waals surface area contributed by atoms with Crippen LogP contribution in [-0.4, -0.2) is 65.1 Å². The van der Waals surface area contributed by atoms with E-state index in [-0.39, 0.29) is 47.3 Å². The molecule has 2 fully saturated rings. The van der Waals surface area contributed by atoms with Crippen molar-refractivity contribution in [2.24, 2.45) is 5.92 Å². The summed E-state index contributed by atoms with van der Waals surface area (Å²) < 4.78 is 36.1. The minimum Gasteiger partial charge on any atom is -0.489 e. The van der Waals surface area contributed by atoms with Gasteiger partial charge in [0.1, 0.15) is 11.4 Å². The van der Waals surface area contributed by atoms with Crippen LogP contribution in [0, 0.1) is 5.92 Å². The predicted octanol–water partition coefficient (Wildman–Crippen LogP) is 3.30. The van der Waals surface area contributed by atoms with Crippen LogP contribution in [0.2, 0.25) is 0 Å². The van der Waals surface area contributed by atoms with E-state index in [1.807, 2.05) is 0 Å². The molecule has 2 aromatic rings. The molecule has 0 spiro atoms. The van der Waals surface area contributed by atoms with E-state index in [0.717, 1.165) is 18.4 Å². The van der Waals surface area contributed by atoms with E-state index in [9.17, 15) is 23.2 Å². The topological polar surface area (TPSA) is 118 Å². The van der Waals surface area contributed by atoms with Crippen LogP contribution in [-0.2, 0) is 4.79 Å². The third-order valence-corrected chi connectivity index (χ3v) is 6.34. The SMILES string of the molecule is CC(=O)N1CC(c2ccc(OC(F)F)c(OCC3CC3)c2)C[C@@H]1CNC(=O)c1cccc(C(=O)O)n1. The third kappa shape index (κ3) is 6.27. The number of hydrogen-bond acceptors (Lipinski definition) is 6. The van der Waals surface area contributed by atoms with Gasteiger partial charge in [0.05, 0.1) is 6.61 Å². The quantitative estimate of drug-likeness (QED) is 0.511. The Bertz CT molecular complexity index is 1140. The number of aromatic carboxylic acids is 1. The van der Waals surface area contributed by atoms with Crippen LogP contribution in [0.5, 0.6) is 11.5 Å². The molecule has 0 bridgehead atoms. The van der Waals surface area contributed by atoms with E-state index < -0.39 is 18.5 Å². The number of carboxylic acids is 1. The van der Waals surface area contributed by atoms with Crippen LogP contribution in [0.4, 0.5) is 8.78 Å². The molecular weight excluding hydrogens is 476 g/mol. The van der Waals surface area contributed by atoms with Gasteiger partial charge in [0.25, 0.3) is 5.91 Å². The van der Waals surface area contributed by atoms with Gasteiger partial charge in [0.15, 0.2) is 11.5 Å². The van der Waals surface area contributed by atoms with Gasteiger partial charge in [-0.05, 0) is 55.0 Å². The molecule has 1 aliphatic heterocycles. The average molecular weight is 504 g/mol. The molecule has 1 aromatic heterocycles. The smallest absolute Gasteiger partial charge is 0.387 e. The number of carbonyl (C=O) groups excluding carboxylic acids is 2. The Morgan fingerprint density at radius 2 is 1.92 bits per heavy atom. The molecule has 11 heteroatoms. The number of likely N-dealkylation sites (tertiary alicyclic amines) is 1. The van der Waals surface area contributed by atoms with Gasteiger partial charge in [0.2, 0.25) is 5.91 Å². The van der Waals surface area contributed by atoms with Crippen LogP contribution >= 0.6 is 0 Å². The number of alkyl halides is 2. The monoisotopic (exact) mass is 503 g/mol. The number of nitrogens with zero attached hydrogens (tertiary/aromatic N) is 2. The normalized spacial score (nSPS) is 19.3. The molecule has 2 amide bonds. The van der Waals surface area contributed by atoms with E-state index in [4.69, 9.17) is 9.84 Å².